The van der Waals surface area contributed by atoms with Gasteiger partial charge in [0.25, 0.3) is 0 Å². The molecule has 0 aromatic carbocycles. The number of rotatable bonds is 8. The fourth-order valence-corrected chi connectivity index (χ4v) is 2.42. The maximum Gasteiger partial charge on any atom is 0.222 e. The Morgan fingerprint density at radius 1 is 1.06 bits per heavy atom. The molecule has 1 heterocycles. The number of amides is 1. The molecule has 0 aliphatic carbocycles. The highest BCUT2D eigenvalue weighted by atomic mass is 16.2. The molecule has 1 rings (SSSR count). The molecule has 0 spiro atoms. The van der Waals surface area contributed by atoms with Crippen molar-refractivity contribution >= 4 is 5.91 Å². The zero-order valence-electron chi connectivity index (χ0n) is 12.0. The van der Waals surface area contributed by atoms with Crippen LogP contribution in [-0.2, 0) is 4.79 Å². The van der Waals surface area contributed by atoms with Crippen LogP contribution in [0.15, 0.2) is 0 Å². The Labute approximate surface area is 113 Å². The molecule has 105 valence electrons. The maximum absolute atomic E-state index is 11.9. The summed E-state index contributed by atoms with van der Waals surface area (Å²) in [5.74, 6) is 0.362. The summed E-state index contributed by atoms with van der Waals surface area (Å²) in [6.45, 7) is 11.2. The molecule has 3 heteroatoms. The average Bonchev–Trinajstić information content (AvgIpc) is 2.40. The molecular formula is C15H29N2O. The molecule has 0 atom stereocenters. The molecule has 1 aliphatic rings. The molecule has 0 aromatic rings. The van der Waals surface area contributed by atoms with Crippen molar-refractivity contribution < 1.29 is 4.79 Å². The molecule has 1 aliphatic heterocycles. The van der Waals surface area contributed by atoms with Crippen molar-refractivity contribution in [2.24, 2.45) is 0 Å². The van der Waals surface area contributed by atoms with E-state index in [-0.39, 0.29) is 0 Å². The number of hydrogen-bond donors (Lipinski definition) is 0. The Bertz CT molecular complexity index is 223. The lowest BCUT2D eigenvalue weighted by Gasteiger charge is -2.34. The van der Waals surface area contributed by atoms with Gasteiger partial charge in [0.15, 0.2) is 0 Å². The van der Waals surface area contributed by atoms with Gasteiger partial charge >= 0.3 is 0 Å². The first-order valence-corrected chi connectivity index (χ1v) is 7.57. The zero-order valence-corrected chi connectivity index (χ0v) is 12.0. The number of carbonyl (C=O) groups excluding carboxylic acids is 1. The van der Waals surface area contributed by atoms with E-state index < -0.39 is 0 Å². The summed E-state index contributed by atoms with van der Waals surface area (Å²) in [7, 11) is 0. The van der Waals surface area contributed by atoms with E-state index in [0.29, 0.717) is 5.91 Å². The number of unbranched alkanes of at least 4 members (excludes halogenated alkanes) is 4. The van der Waals surface area contributed by atoms with Gasteiger partial charge in [0.1, 0.15) is 0 Å². The van der Waals surface area contributed by atoms with E-state index in [1.54, 1.807) is 0 Å². The smallest absolute Gasteiger partial charge is 0.222 e. The second-order valence-corrected chi connectivity index (χ2v) is 5.24. The molecule has 0 unspecified atom stereocenters. The lowest BCUT2D eigenvalue weighted by atomic mass is 10.1. The predicted octanol–water partition coefficient (Wildman–Crippen LogP) is 2.72. The van der Waals surface area contributed by atoms with E-state index in [9.17, 15) is 4.79 Å². The van der Waals surface area contributed by atoms with Crippen LogP contribution in [0.2, 0.25) is 0 Å². The van der Waals surface area contributed by atoms with Gasteiger partial charge in [-0.3, -0.25) is 9.69 Å². The molecule has 3 nitrogen and oxygen atoms in total. The quantitative estimate of drug-likeness (QED) is 0.621. The first-order chi connectivity index (χ1) is 8.77. The number of nitrogens with zero attached hydrogens (tertiary/aromatic N) is 2. The molecule has 18 heavy (non-hydrogen) atoms. The van der Waals surface area contributed by atoms with E-state index >= 15 is 0 Å². The van der Waals surface area contributed by atoms with Gasteiger partial charge in [-0.1, -0.05) is 39.5 Å². The minimum Gasteiger partial charge on any atom is -0.340 e. The van der Waals surface area contributed by atoms with Gasteiger partial charge in [0.2, 0.25) is 5.91 Å². The predicted molar refractivity (Wildman–Crippen MR) is 76.4 cm³/mol. The molecule has 1 fully saturated rings. The average molecular weight is 253 g/mol. The summed E-state index contributed by atoms with van der Waals surface area (Å²) in [5.41, 5.74) is 0. The van der Waals surface area contributed by atoms with E-state index in [4.69, 9.17) is 0 Å². The molecule has 0 bridgehead atoms. The van der Waals surface area contributed by atoms with Crippen molar-refractivity contribution in [3.8, 4) is 0 Å². The molecule has 0 aromatic heterocycles. The first kappa shape index (κ1) is 15.5. The first-order valence-electron chi connectivity index (χ1n) is 7.57. The number of piperazine rings is 1. The topological polar surface area (TPSA) is 23.6 Å². The van der Waals surface area contributed by atoms with Crippen LogP contribution in [0.4, 0.5) is 0 Å². The van der Waals surface area contributed by atoms with E-state index in [1.807, 2.05) is 4.90 Å². The molecule has 1 amide bonds. The Hall–Kier alpha value is -0.570. The number of carbonyl (C=O) groups is 1. The largest absolute Gasteiger partial charge is 0.340 e. The zero-order chi connectivity index (χ0) is 13.2. The second kappa shape index (κ2) is 9.37. The summed E-state index contributed by atoms with van der Waals surface area (Å²) >= 11 is 0. The van der Waals surface area contributed by atoms with Crippen molar-refractivity contribution in [3.05, 3.63) is 6.92 Å². The highest BCUT2D eigenvalue weighted by molar-refractivity contribution is 5.76. The van der Waals surface area contributed by atoms with Gasteiger partial charge in [0, 0.05) is 32.6 Å². The van der Waals surface area contributed by atoms with Gasteiger partial charge in [-0.15, -0.1) is 0 Å². The van der Waals surface area contributed by atoms with Gasteiger partial charge in [0.05, 0.1) is 0 Å². The third-order valence-corrected chi connectivity index (χ3v) is 3.69. The van der Waals surface area contributed by atoms with Crippen molar-refractivity contribution in [3.63, 3.8) is 0 Å². The van der Waals surface area contributed by atoms with Crippen molar-refractivity contribution in [1.29, 1.82) is 0 Å². The van der Waals surface area contributed by atoms with Gasteiger partial charge < -0.3 is 4.90 Å². The Morgan fingerprint density at radius 2 is 1.78 bits per heavy atom. The molecule has 1 radical (unpaired) electrons. The molecule has 1 saturated heterocycles. The van der Waals surface area contributed by atoms with Crippen LogP contribution in [0.5, 0.6) is 0 Å². The SMILES string of the molecule is [CH2]CCCCN1CCN(C(=O)CCCCC)CC1. The highest BCUT2D eigenvalue weighted by Gasteiger charge is 2.19. The van der Waals surface area contributed by atoms with Crippen LogP contribution in [0.1, 0.15) is 51.9 Å². The highest BCUT2D eigenvalue weighted by Crippen LogP contribution is 2.08. The van der Waals surface area contributed by atoms with E-state index in [1.165, 1.54) is 32.2 Å². The Morgan fingerprint density at radius 3 is 2.39 bits per heavy atom. The summed E-state index contributed by atoms with van der Waals surface area (Å²) < 4.78 is 0. The van der Waals surface area contributed by atoms with Crippen LogP contribution in [0.25, 0.3) is 0 Å². The van der Waals surface area contributed by atoms with Crippen LogP contribution < -0.4 is 0 Å². The normalized spacial score (nSPS) is 17.1. The monoisotopic (exact) mass is 253 g/mol. The van der Waals surface area contributed by atoms with Crippen molar-refractivity contribution in [2.45, 2.75) is 51.9 Å². The molecule has 0 N–H and O–H groups in total. The minimum atomic E-state index is 0.362. The summed E-state index contributed by atoms with van der Waals surface area (Å²) in [5, 5.41) is 0. The van der Waals surface area contributed by atoms with Crippen LogP contribution in [-0.4, -0.2) is 48.4 Å². The van der Waals surface area contributed by atoms with E-state index in [0.717, 1.165) is 45.4 Å². The van der Waals surface area contributed by atoms with Crippen molar-refractivity contribution in [1.82, 2.24) is 9.80 Å². The third-order valence-electron chi connectivity index (χ3n) is 3.69. The van der Waals surface area contributed by atoms with Gasteiger partial charge in [-0.25, -0.2) is 0 Å². The fourth-order valence-electron chi connectivity index (χ4n) is 2.42. The maximum atomic E-state index is 11.9. The van der Waals surface area contributed by atoms with Crippen LogP contribution >= 0.6 is 0 Å². The Balaban J connectivity index is 2.12. The molecular weight excluding hydrogens is 224 g/mol. The third kappa shape index (κ3) is 5.85. The Kier molecular flexibility index (Phi) is 8.06. The fraction of sp³-hybridized carbons (Fsp3) is 0.867. The summed E-state index contributed by atoms with van der Waals surface area (Å²) in [6.07, 6.45) is 7.67. The number of hydrogen-bond acceptors (Lipinski definition) is 2. The van der Waals surface area contributed by atoms with Gasteiger partial charge in [-0.05, 0) is 19.4 Å². The van der Waals surface area contributed by atoms with Gasteiger partial charge in [-0.2, -0.15) is 0 Å². The molecule has 0 saturated carbocycles. The van der Waals surface area contributed by atoms with Crippen molar-refractivity contribution in [2.75, 3.05) is 32.7 Å². The second-order valence-electron chi connectivity index (χ2n) is 5.24. The standard InChI is InChI=1S/C15H29N2O/c1-3-5-7-9-15(18)17-13-11-16(12-14-17)10-8-6-4-2/h2-14H2,1H3. The lowest BCUT2D eigenvalue weighted by Crippen LogP contribution is -2.48. The van der Waals surface area contributed by atoms with Crippen LogP contribution in [0.3, 0.4) is 0 Å². The lowest BCUT2D eigenvalue weighted by molar-refractivity contribution is -0.133. The summed E-state index contributed by atoms with van der Waals surface area (Å²) in [6, 6.07) is 0. The van der Waals surface area contributed by atoms with Crippen LogP contribution in [0, 0.1) is 6.92 Å². The summed E-state index contributed by atoms with van der Waals surface area (Å²) in [4.78, 5) is 16.5. The minimum absolute atomic E-state index is 0.362. The van der Waals surface area contributed by atoms with E-state index in [2.05, 4.69) is 18.7 Å².